The zero-order chi connectivity index (χ0) is 23.3. The summed E-state index contributed by atoms with van der Waals surface area (Å²) in [5.74, 6) is 0.481. The first-order chi connectivity index (χ1) is 15.2. The number of nitro groups is 1. The molecule has 1 amide bonds. The number of hydrogen-bond acceptors (Lipinski definition) is 8. The standard InChI is InChI=1S/C21H18N2O8S/c1-29-18-10-15(11-19(13-18)30-2)22-21(24)14-6-8-17(9-7-14)31-32(27,28)20-5-3-4-16(12-20)23(25)26/h3-13H,1-2H3,(H,22,24). The molecule has 0 saturated carbocycles. The molecule has 0 unspecified atom stereocenters. The summed E-state index contributed by atoms with van der Waals surface area (Å²) in [6, 6.07) is 14.8. The summed E-state index contributed by atoms with van der Waals surface area (Å²) in [6.07, 6.45) is 0. The second-order valence-electron chi connectivity index (χ2n) is 6.37. The second-order valence-corrected chi connectivity index (χ2v) is 7.92. The van der Waals surface area contributed by atoms with Gasteiger partial charge in [-0.05, 0) is 30.3 Å². The highest BCUT2D eigenvalue weighted by Gasteiger charge is 2.20. The molecule has 0 aromatic heterocycles. The van der Waals surface area contributed by atoms with Gasteiger partial charge in [0.1, 0.15) is 22.1 Å². The van der Waals surface area contributed by atoms with Crippen molar-refractivity contribution in [3.8, 4) is 17.2 Å². The smallest absolute Gasteiger partial charge is 0.339 e. The van der Waals surface area contributed by atoms with Gasteiger partial charge in [-0.15, -0.1) is 0 Å². The lowest BCUT2D eigenvalue weighted by Gasteiger charge is -2.10. The molecule has 0 spiro atoms. The average molecular weight is 458 g/mol. The maximum absolute atomic E-state index is 12.5. The number of carbonyl (C=O) groups excluding carboxylic acids is 1. The molecule has 0 heterocycles. The van der Waals surface area contributed by atoms with E-state index in [0.29, 0.717) is 17.2 Å². The summed E-state index contributed by atoms with van der Waals surface area (Å²) in [5, 5.41) is 13.6. The molecule has 0 saturated heterocycles. The van der Waals surface area contributed by atoms with Crippen LogP contribution in [-0.2, 0) is 10.1 Å². The number of non-ortho nitro benzene ring substituents is 1. The highest BCUT2D eigenvalue weighted by atomic mass is 32.2. The number of hydrogen-bond donors (Lipinski definition) is 1. The van der Waals surface area contributed by atoms with E-state index in [1.165, 1.54) is 56.7 Å². The highest BCUT2D eigenvalue weighted by molar-refractivity contribution is 7.87. The fraction of sp³-hybridized carbons (Fsp3) is 0.0952. The maximum Gasteiger partial charge on any atom is 0.339 e. The normalized spacial score (nSPS) is 10.8. The number of rotatable bonds is 8. The SMILES string of the molecule is COc1cc(NC(=O)c2ccc(OS(=O)(=O)c3cccc([N+](=O)[O-])c3)cc2)cc(OC)c1. The third kappa shape index (κ3) is 5.32. The molecule has 11 heteroatoms. The first-order valence-electron chi connectivity index (χ1n) is 9.05. The molecule has 0 fully saturated rings. The van der Waals surface area contributed by atoms with Crippen LogP contribution in [0.2, 0.25) is 0 Å². The largest absolute Gasteiger partial charge is 0.497 e. The van der Waals surface area contributed by atoms with Crippen molar-refractivity contribution in [1.82, 2.24) is 0 Å². The number of methoxy groups -OCH3 is 2. The molecule has 0 atom stereocenters. The summed E-state index contributed by atoms with van der Waals surface area (Å²) >= 11 is 0. The maximum atomic E-state index is 12.5. The third-order valence-corrected chi connectivity index (χ3v) is 5.49. The molecule has 3 aromatic carbocycles. The number of amides is 1. The summed E-state index contributed by atoms with van der Waals surface area (Å²) < 4.78 is 40.2. The van der Waals surface area contributed by atoms with Gasteiger partial charge in [0, 0.05) is 41.6 Å². The van der Waals surface area contributed by atoms with Crippen LogP contribution in [0, 0.1) is 10.1 Å². The number of benzene rings is 3. The van der Waals surface area contributed by atoms with Crippen LogP contribution in [0.1, 0.15) is 10.4 Å². The molecule has 32 heavy (non-hydrogen) atoms. The average Bonchev–Trinajstić information content (AvgIpc) is 2.79. The minimum Gasteiger partial charge on any atom is -0.497 e. The molecule has 3 rings (SSSR count). The predicted octanol–water partition coefficient (Wildman–Crippen LogP) is 3.63. The number of nitro benzene ring substituents is 1. The molecule has 0 aliphatic rings. The van der Waals surface area contributed by atoms with Crippen molar-refractivity contribution < 1.29 is 31.8 Å². The van der Waals surface area contributed by atoms with Crippen LogP contribution < -0.4 is 19.0 Å². The number of nitrogens with zero attached hydrogens (tertiary/aromatic N) is 1. The van der Waals surface area contributed by atoms with Gasteiger partial charge in [-0.2, -0.15) is 8.42 Å². The van der Waals surface area contributed by atoms with Gasteiger partial charge in [0.2, 0.25) is 0 Å². The third-order valence-electron chi connectivity index (χ3n) is 4.25. The van der Waals surface area contributed by atoms with Crippen molar-refractivity contribution in [2.24, 2.45) is 0 Å². The first-order valence-corrected chi connectivity index (χ1v) is 10.5. The van der Waals surface area contributed by atoms with Crippen molar-refractivity contribution >= 4 is 27.4 Å². The number of anilines is 1. The molecule has 166 valence electrons. The summed E-state index contributed by atoms with van der Waals surface area (Å²) in [7, 11) is -1.33. The molecule has 1 N–H and O–H groups in total. The van der Waals surface area contributed by atoms with E-state index in [1.807, 2.05) is 0 Å². The topological polar surface area (TPSA) is 134 Å². The van der Waals surface area contributed by atoms with E-state index in [0.717, 1.165) is 6.07 Å². The van der Waals surface area contributed by atoms with E-state index in [9.17, 15) is 23.3 Å². The molecule has 0 aliphatic heterocycles. The van der Waals surface area contributed by atoms with Gasteiger partial charge in [-0.25, -0.2) is 0 Å². The summed E-state index contributed by atoms with van der Waals surface area (Å²) in [4.78, 5) is 22.3. The molecule has 0 radical (unpaired) electrons. The molecular weight excluding hydrogens is 440 g/mol. The van der Waals surface area contributed by atoms with Crippen LogP contribution in [0.3, 0.4) is 0 Å². The van der Waals surface area contributed by atoms with Crippen LogP contribution in [-0.4, -0.2) is 33.5 Å². The number of ether oxygens (including phenoxy) is 2. The Labute approximate surface area is 183 Å². The van der Waals surface area contributed by atoms with Crippen LogP contribution in [0.5, 0.6) is 17.2 Å². The van der Waals surface area contributed by atoms with E-state index in [-0.39, 0.29) is 21.9 Å². The Balaban J connectivity index is 1.74. The number of nitrogens with one attached hydrogen (secondary N) is 1. The van der Waals surface area contributed by atoms with Crippen molar-refractivity contribution in [3.63, 3.8) is 0 Å². The van der Waals surface area contributed by atoms with Crippen molar-refractivity contribution in [3.05, 3.63) is 82.4 Å². The fourth-order valence-electron chi connectivity index (χ4n) is 2.67. The first kappa shape index (κ1) is 22.6. The Morgan fingerprint density at radius 2 is 1.53 bits per heavy atom. The van der Waals surface area contributed by atoms with Crippen molar-refractivity contribution in [2.75, 3.05) is 19.5 Å². The fourth-order valence-corrected chi connectivity index (χ4v) is 3.64. The van der Waals surface area contributed by atoms with E-state index in [4.69, 9.17) is 13.7 Å². The minimum atomic E-state index is -4.30. The minimum absolute atomic E-state index is 0.0592. The lowest BCUT2D eigenvalue weighted by Crippen LogP contribution is -2.13. The van der Waals surface area contributed by atoms with E-state index in [1.54, 1.807) is 18.2 Å². The van der Waals surface area contributed by atoms with Gasteiger partial charge in [0.15, 0.2) is 0 Å². The van der Waals surface area contributed by atoms with Crippen molar-refractivity contribution in [2.45, 2.75) is 4.90 Å². The van der Waals surface area contributed by atoms with Crippen LogP contribution in [0.15, 0.2) is 71.6 Å². The lowest BCUT2D eigenvalue weighted by atomic mass is 10.2. The van der Waals surface area contributed by atoms with Gasteiger partial charge in [-0.3, -0.25) is 14.9 Å². The Hall–Kier alpha value is -4.12. The van der Waals surface area contributed by atoms with Gasteiger partial charge in [0.25, 0.3) is 11.6 Å². The Bertz CT molecular complexity index is 1230. The molecule has 10 nitrogen and oxygen atoms in total. The Morgan fingerprint density at radius 3 is 2.09 bits per heavy atom. The molecule has 0 bridgehead atoms. The van der Waals surface area contributed by atoms with Gasteiger partial charge >= 0.3 is 10.1 Å². The quantitative estimate of drug-likeness (QED) is 0.307. The molecule has 0 aliphatic carbocycles. The summed E-state index contributed by atoms with van der Waals surface area (Å²) in [5.41, 5.74) is 0.308. The van der Waals surface area contributed by atoms with Gasteiger partial charge in [-0.1, -0.05) is 6.07 Å². The van der Waals surface area contributed by atoms with Crippen molar-refractivity contribution in [1.29, 1.82) is 0 Å². The Kier molecular flexibility index (Phi) is 6.59. The van der Waals surface area contributed by atoms with E-state index < -0.39 is 20.9 Å². The molecular formula is C21H18N2O8S. The molecule has 3 aromatic rings. The van der Waals surface area contributed by atoms with Crippen LogP contribution in [0.4, 0.5) is 11.4 Å². The highest BCUT2D eigenvalue weighted by Crippen LogP contribution is 2.27. The van der Waals surface area contributed by atoms with E-state index in [2.05, 4.69) is 5.32 Å². The van der Waals surface area contributed by atoms with Crippen LogP contribution >= 0.6 is 0 Å². The van der Waals surface area contributed by atoms with E-state index >= 15 is 0 Å². The number of carbonyl (C=O) groups is 1. The Morgan fingerprint density at radius 1 is 0.906 bits per heavy atom. The zero-order valence-electron chi connectivity index (χ0n) is 17.0. The second kappa shape index (κ2) is 9.35. The van der Waals surface area contributed by atoms with Crippen LogP contribution in [0.25, 0.3) is 0 Å². The summed E-state index contributed by atoms with van der Waals surface area (Å²) in [6.45, 7) is 0. The lowest BCUT2D eigenvalue weighted by molar-refractivity contribution is -0.385. The predicted molar refractivity (Wildman–Crippen MR) is 115 cm³/mol. The van der Waals surface area contributed by atoms with Gasteiger partial charge < -0.3 is 19.0 Å². The zero-order valence-corrected chi connectivity index (χ0v) is 17.8. The monoisotopic (exact) mass is 458 g/mol. The van der Waals surface area contributed by atoms with Gasteiger partial charge in [0.05, 0.1) is 19.1 Å².